The number of allylic oxidation sites excluding steroid dienone is 5. The number of aryl methyl sites for hydroxylation is 1. The molecule has 28 heavy (non-hydrogen) atoms. The summed E-state index contributed by atoms with van der Waals surface area (Å²) in [6.07, 6.45) is 10.5. The lowest BCUT2D eigenvalue weighted by Gasteiger charge is -2.46. The highest BCUT2D eigenvalue weighted by Crippen LogP contribution is 2.54. The smallest absolute Gasteiger partial charge is 0.132 e. The highest BCUT2D eigenvalue weighted by Gasteiger charge is 2.44. The molecule has 148 valence electrons. The van der Waals surface area contributed by atoms with Crippen molar-refractivity contribution in [1.82, 2.24) is 0 Å². The molecule has 1 aromatic carbocycles. The van der Waals surface area contributed by atoms with E-state index in [-0.39, 0.29) is 11.2 Å². The number of nitrogens with two attached hydrogens (primary N) is 1. The molecule has 0 aliphatic heterocycles. The molecule has 1 atom stereocenters. The van der Waals surface area contributed by atoms with Crippen LogP contribution in [0.15, 0.2) is 76.4 Å². The molecule has 2 N–H and O–H groups in total. The Balaban J connectivity index is 2.01. The first-order chi connectivity index (χ1) is 13.3. The van der Waals surface area contributed by atoms with Crippen molar-refractivity contribution in [2.45, 2.75) is 52.9 Å². The van der Waals surface area contributed by atoms with Gasteiger partial charge >= 0.3 is 0 Å². The highest BCUT2D eigenvalue weighted by molar-refractivity contribution is 5.78. The van der Waals surface area contributed by atoms with Gasteiger partial charge in [-0.15, -0.1) is 0 Å². The van der Waals surface area contributed by atoms with Crippen molar-refractivity contribution in [3.8, 4) is 0 Å². The lowest BCUT2D eigenvalue weighted by atomic mass is 9.58. The van der Waals surface area contributed by atoms with E-state index in [4.69, 9.17) is 5.73 Å². The van der Waals surface area contributed by atoms with Crippen LogP contribution >= 0.6 is 0 Å². The second-order valence-electron chi connectivity index (χ2n) is 8.33. The molecule has 0 aromatic heterocycles. The van der Waals surface area contributed by atoms with Gasteiger partial charge in [0.15, 0.2) is 0 Å². The van der Waals surface area contributed by atoms with Crippen molar-refractivity contribution in [1.29, 1.82) is 0 Å². The topological polar surface area (TPSA) is 38.4 Å². The van der Waals surface area contributed by atoms with Crippen LogP contribution in [0, 0.1) is 18.3 Å². The lowest BCUT2D eigenvalue weighted by molar-refractivity contribution is 0.132. The van der Waals surface area contributed by atoms with Gasteiger partial charge in [0, 0.05) is 17.5 Å². The molecule has 1 saturated carbocycles. The van der Waals surface area contributed by atoms with Gasteiger partial charge in [-0.2, -0.15) is 0 Å². The zero-order valence-electron chi connectivity index (χ0n) is 17.3. The molecular formula is C25H31FN2. The SMILES string of the molecule is C=C(N)/C=N\C(=C/C)C1=CCC(C)(C2CCC2)C(Cc2ccc(C)cc2)=C1F. The summed E-state index contributed by atoms with van der Waals surface area (Å²) in [5.74, 6) is 0.437. The second-order valence-corrected chi connectivity index (χ2v) is 8.33. The Labute approximate surface area is 168 Å². The minimum atomic E-state index is -0.128. The van der Waals surface area contributed by atoms with E-state index in [2.05, 4.69) is 49.7 Å². The van der Waals surface area contributed by atoms with Crippen LogP contribution < -0.4 is 5.73 Å². The Hall–Kier alpha value is -2.42. The minimum Gasteiger partial charge on any atom is -0.398 e. The number of hydrogen-bond acceptors (Lipinski definition) is 2. The molecule has 0 amide bonds. The first-order valence-corrected chi connectivity index (χ1v) is 10.2. The number of rotatable bonds is 6. The molecule has 2 nitrogen and oxygen atoms in total. The Kier molecular flexibility index (Phi) is 6.02. The monoisotopic (exact) mass is 378 g/mol. The van der Waals surface area contributed by atoms with Crippen molar-refractivity contribution < 1.29 is 4.39 Å². The molecule has 3 heteroatoms. The highest BCUT2D eigenvalue weighted by atomic mass is 19.1. The Morgan fingerprint density at radius 1 is 1.32 bits per heavy atom. The molecule has 0 heterocycles. The Morgan fingerprint density at radius 2 is 2.00 bits per heavy atom. The van der Waals surface area contributed by atoms with Crippen molar-refractivity contribution in [2.75, 3.05) is 0 Å². The maximum absolute atomic E-state index is 15.9. The number of nitrogens with zero attached hydrogens (tertiary/aromatic N) is 1. The van der Waals surface area contributed by atoms with E-state index in [1.807, 2.05) is 19.1 Å². The molecule has 2 aliphatic rings. The first-order valence-electron chi connectivity index (χ1n) is 10.2. The largest absolute Gasteiger partial charge is 0.398 e. The van der Waals surface area contributed by atoms with Crippen LogP contribution in [0.5, 0.6) is 0 Å². The standard InChI is InChI=1S/C25H31FN2/c1-5-23(28-16-18(3)27)21-13-14-25(4,20-7-6-8-20)22(24(21)26)15-19-11-9-17(2)10-12-19/h5,9-13,16,20H,3,6-8,14-15,27H2,1-2,4H3/b23-5-,28-16-. The van der Waals surface area contributed by atoms with E-state index < -0.39 is 0 Å². The summed E-state index contributed by atoms with van der Waals surface area (Å²) < 4.78 is 15.9. The summed E-state index contributed by atoms with van der Waals surface area (Å²) in [6.45, 7) is 9.84. The van der Waals surface area contributed by atoms with Crippen molar-refractivity contribution in [3.63, 3.8) is 0 Å². The van der Waals surface area contributed by atoms with Gasteiger partial charge in [-0.25, -0.2) is 4.39 Å². The van der Waals surface area contributed by atoms with Crippen molar-refractivity contribution in [2.24, 2.45) is 22.1 Å². The van der Waals surface area contributed by atoms with Gasteiger partial charge in [0.2, 0.25) is 0 Å². The van der Waals surface area contributed by atoms with E-state index in [0.717, 1.165) is 17.6 Å². The van der Waals surface area contributed by atoms with E-state index in [9.17, 15) is 0 Å². The van der Waals surface area contributed by atoms with E-state index in [1.54, 1.807) is 0 Å². The summed E-state index contributed by atoms with van der Waals surface area (Å²) in [4.78, 5) is 4.36. The van der Waals surface area contributed by atoms with Crippen molar-refractivity contribution >= 4 is 6.21 Å². The quantitative estimate of drug-likeness (QED) is 0.576. The maximum Gasteiger partial charge on any atom is 0.132 e. The molecule has 0 bridgehead atoms. The van der Waals surface area contributed by atoms with Crippen LogP contribution in [0.25, 0.3) is 0 Å². The number of aliphatic imine (C=N–C) groups is 1. The van der Waals surface area contributed by atoms with E-state index >= 15 is 4.39 Å². The Bertz CT molecular complexity index is 866. The van der Waals surface area contributed by atoms with Gasteiger partial charge in [-0.3, -0.25) is 4.99 Å². The van der Waals surface area contributed by atoms with Crippen LogP contribution in [0.2, 0.25) is 0 Å². The molecule has 0 saturated heterocycles. The van der Waals surface area contributed by atoms with E-state index in [1.165, 1.54) is 31.0 Å². The molecule has 0 spiro atoms. The summed E-state index contributed by atoms with van der Waals surface area (Å²) in [5, 5.41) is 0. The normalized spacial score (nSPS) is 23.7. The van der Waals surface area contributed by atoms with Gasteiger partial charge < -0.3 is 5.73 Å². The van der Waals surface area contributed by atoms with Gasteiger partial charge in [-0.05, 0) is 62.0 Å². The maximum atomic E-state index is 15.9. The molecule has 3 rings (SSSR count). The van der Waals surface area contributed by atoms with Gasteiger partial charge in [-0.1, -0.05) is 61.9 Å². The molecule has 1 aromatic rings. The van der Waals surface area contributed by atoms with Crippen molar-refractivity contribution in [3.05, 3.63) is 82.5 Å². The summed E-state index contributed by atoms with van der Waals surface area (Å²) in [5.41, 5.74) is 10.3. The summed E-state index contributed by atoms with van der Waals surface area (Å²) >= 11 is 0. The number of hydrogen-bond donors (Lipinski definition) is 1. The molecular weight excluding hydrogens is 347 g/mol. The molecule has 0 radical (unpaired) electrons. The van der Waals surface area contributed by atoms with E-state index in [0.29, 0.717) is 29.3 Å². The zero-order chi connectivity index (χ0) is 20.3. The fourth-order valence-electron chi connectivity index (χ4n) is 4.26. The third kappa shape index (κ3) is 4.04. The zero-order valence-corrected chi connectivity index (χ0v) is 17.3. The molecule has 2 aliphatic carbocycles. The molecule has 1 unspecified atom stereocenters. The summed E-state index contributed by atoms with van der Waals surface area (Å²) in [7, 11) is 0. The van der Waals surface area contributed by atoms with Crippen LogP contribution in [0.3, 0.4) is 0 Å². The number of halogens is 1. The fraction of sp³-hybridized carbons (Fsp3) is 0.400. The average Bonchev–Trinajstić information content (AvgIpc) is 2.60. The number of benzene rings is 1. The van der Waals surface area contributed by atoms with Crippen LogP contribution in [-0.4, -0.2) is 6.21 Å². The van der Waals surface area contributed by atoms with Crippen LogP contribution in [-0.2, 0) is 6.42 Å². The third-order valence-corrected chi connectivity index (χ3v) is 6.35. The summed E-state index contributed by atoms with van der Waals surface area (Å²) in [6, 6.07) is 8.43. The predicted molar refractivity (Wildman–Crippen MR) is 117 cm³/mol. The lowest BCUT2D eigenvalue weighted by Crippen LogP contribution is -2.37. The van der Waals surface area contributed by atoms with Gasteiger partial charge in [0.1, 0.15) is 5.83 Å². The second kappa shape index (κ2) is 8.30. The predicted octanol–water partition coefficient (Wildman–Crippen LogP) is 6.34. The van der Waals surface area contributed by atoms with Gasteiger partial charge in [0.05, 0.1) is 5.70 Å². The molecule has 1 fully saturated rings. The fourth-order valence-corrected chi connectivity index (χ4v) is 4.26. The van der Waals surface area contributed by atoms with Gasteiger partial charge in [0.25, 0.3) is 0 Å². The third-order valence-electron chi connectivity index (χ3n) is 6.35. The minimum absolute atomic E-state index is 0.117. The van der Waals surface area contributed by atoms with Crippen LogP contribution in [0.1, 0.15) is 50.7 Å². The van der Waals surface area contributed by atoms with Crippen LogP contribution in [0.4, 0.5) is 4.39 Å². The average molecular weight is 379 g/mol. The Morgan fingerprint density at radius 3 is 2.54 bits per heavy atom. The first kappa shape index (κ1) is 20.3.